The number of alkyl halides is 38. The van der Waals surface area contributed by atoms with Gasteiger partial charge in [-0.3, -0.25) is 0 Å². The standard InChI is InChI=1S/C24H8F38O4S2/c25-7(26,9(29,30)11(33,34)13(37,38)15(41,42)17(45,46)19(49,50)21(53,54)23(57,58)59)5(63)65-1-3-67-68-4-2-66-6(64)8(27,28)10(31,32)12(35,36)14(39,40)16(43,44)18(47,48)20(51,52)22(55,56)24(60,61)62/h1-4H2. The van der Waals surface area contributed by atoms with E-state index in [4.69, 9.17) is 0 Å². The molecule has 0 heterocycles. The first kappa shape index (κ1) is 65.0. The molecule has 0 amide bonds. The van der Waals surface area contributed by atoms with Crippen molar-refractivity contribution >= 4 is 33.5 Å². The van der Waals surface area contributed by atoms with Crippen molar-refractivity contribution in [1.29, 1.82) is 0 Å². The quantitative estimate of drug-likeness (QED) is 0.0440. The zero-order valence-corrected chi connectivity index (χ0v) is 31.3. The van der Waals surface area contributed by atoms with Gasteiger partial charge in [0.1, 0.15) is 13.2 Å². The largest absolute Gasteiger partial charge is 0.460 e. The van der Waals surface area contributed by atoms with Crippen molar-refractivity contribution in [2.45, 2.75) is 107 Å². The van der Waals surface area contributed by atoms with Crippen molar-refractivity contribution in [3.63, 3.8) is 0 Å². The number of ether oxygens (including phenoxy) is 2. The first-order chi connectivity index (χ1) is 29.0. The summed E-state index contributed by atoms with van der Waals surface area (Å²) in [7, 11) is -0.648. The maximum absolute atomic E-state index is 13.9. The van der Waals surface area contributed by atoms with Crippen LogP contribution in [0.5, 0.6) is 0 Å². The lowest BCUT2D eigenvalue weighted by atomic mass is 9.87. The molecular formula is C24H8F38O4S2. The fourth-order valence-corrected chi connectivity index (χ4v) is 5.27. The Bertz CT molecular complexity index is 1670. The van der Waals surface area contributed by atoms with Crippen LogP contribution < -0.4 is 0 Å². The molecule has 0 unspecified atom stereocenters. The van der Waals surface area contributed by atoms with Gasteiger partial charge in [-0.1, -0.05) is 21.6 Å². The number of esters is 2. The third-order valence-corrected chi connectivity index (χ3v) is 9.96. The molecule has 0 rings (SSSR count). The van der Waals surface area contributed by atoms with E-state index < -0.39 is 144 Å². The van der Waals surface area contributed by atoms with Gasteiger partial charge in [0.05, 0.1) is 0 Å². The number of rotatable bonds is 23. The summed E-state index contributed by atoms with van der Waals surface area (Å²) in [6, 6.07) is 0. The van der Waals surface area contributed by atoms with Gasteiger partial charge < -0.3 is 9.47 Å². The van der Waals surface area contributed by atoms with Crippen molar-refractivity contribution in [3.8, 4) is 0 Å². The molecule has 0 aromatic carbocycles. The van der Waals surface area contributed by atoms with Crippen LogP contribution in [-0.4, -0.2) is 144 Å². The molecule has 0 spiro atoms. The second kappa shape index (κ2) is 17.9. The topological polar surface area (TPSA) is 52.6 Å². The van der Waals surface area contributed by atoms with E-state index in [0.29, 0.717) is 0 Å². The SMILES string of the molecule is O=C(OCCSSCCOC(=O)C(F)(F)C(F)(F)C(F)(F)C(F)(F)C(F)(F)C(F)(F)C(F)(F)C(F)(F)C(F)(F)F)C(F)(F)C(F)(F)C(F)(F)C(F)(F)C(F)(F)C(F)(F)C(F)(F)C(F)(F)C(F)(F)F. The maximum atomic E-state index is 13.9. The highest BCUT2D eigenvalue weighted by Gasteiger charge is 2.99. The van der Waals surface area contributed by atoms with Gasteiger partial charge in [-0.2, -0.15) is 167 Å². The molecule has 0 aliphatic carbocycles. The van der Waals surface area contributed by atoms with Crippen LogP contribution in [0.25, 0.3) is 0 Å². The van der Waals surface area contributed by atoms with Gasteiger partial charge in [0, 0.05) is 11.5 Å². The summed E-state index contributed by atoms with van der Waals surface area (Å²) in [5.41, 5.74) is 0. The van der Waals surface area contributed by atoms with Crippen LogP contribution in [0.2, 0.25) is 0 Å². The lowest BCUT2D eigenvalue weighted by molar-refractivity contribution is -0.467. The zero-order valence-electron chi connectivity index (χ0n) is 29.6. The minimum Gasteiger partial charge on any atom is -0.460 e. The van der Waals surface area contributed by atoms with Gasteiger partial charge in [-0.05, 0) is 0 Å². The van der Waals surface area contributed by atoms with E-state index >= 15 is 0 Å². The Kier molecular flexibility index (Phi) is 17.1. The third-order valence-electron chi connectivity index (χ3n) is 7.63. The number of carbonyl (C=O) groups excluding carboxylic acids is 2. The van der Waals surface area contributed by atoms with Crippen LogP contribution >= 0.6 is 21.6 Å². The first-order valence-corrected chi connectivity index (χ1v) is 17.3. The van der Waals surface area contributed by atoms with E-state index in [1.165, 1.54) is 0 Å². The molecule has 0 bridgehead atoms. The van der Waals surface area contributed by atoms with Crippen molar-refractivity contribution < 1.29 is 186 Å². The van der Waals surface area contributed by atoms with Gasteiger partial charge in [0.2, 0.25) is 0 Å². The highest BCUT2D eigenvalue weighted by Crippen LogP contribution is 2.67. The molecule has 0 saturated heterocycles. The highest BCUT2D eigenvalue weighted by atomic mass is 33.1. The molecule has 0 saturated carbocycles. The molecule has 0 aliphatic rings. The Hall–Kier alpha value is -3.02. The molecule has 0 radical (unpaired) electrons. The van der Waals surface area contributed by atoms with Gasteiger partial charge in [0.15, 0.2) is 0 Å². The molecule has 0 aliphatic heterocycles. The van der Waals surface area contributed by atoms with Crippen molar-refractivity contribution in [3.05, 3.63) is 0 Å². The maximum Gasteiger partial charge on any atom is 0.460 e. The summed E-state index contributed by atoms with van der Waals surface area (Å²) in [5.74, 6) is -154. The van der Waals surface area contributed by atoms with Crippen LogP contribution in [0.15, 0.2) is 0 Å². The number of hydrogen-bond acceptors (Lipinski definition) is 6. The molecule has 68 heavy (non-hydrogen) atoms. The predicted octanol–water partition coefficient (Wildman–Crippen LogP) is 12.7. The molecule has 0 aromatic heterocycles. The number of halogens is 38. The Balaban J connectivity index is 5.98. The third kappa shape index (κ3) is 9.00. The smallest absolute Gasteiger partial charge is 0.460 e. The average molecular weight is 1150 g/mol. The summed E-state index contributed by atoms with van der Waals surface area (Å²) in [6.07, 6.45) is -16.3. The Morgan fingerprint density at radius 3 is 0.559 bits per heavy atom. The fraction of sp³-hybridized carbons (Fsp3) is 0.917. The summed E-state index contributed by atoms with van der Waals surface area (Å²) < 4.78 is 513. The van der Waals surface area contributed by atoms with E-state index in [1.54, 1.807) is 0 Å². The highest BCUT2D eigenvalue weighted by molar-refractivity contribution is 8.76. The monoisotopic (exact) mass is 1150 g/mol. The molecule has 406 valence electrons. The zero-order chi connectivity index (χ0) is 55.8. The Labute approximate surface area is 352 Å². The minimum absolute atomic E-state index is 0.324. The van der Waals surface area contributed by atoms with Crippen LogP contribution in [0, 0.1) is 0 Å². The summed E-state index contributed by atoms with van der Waals surface area (Å²) >= 11 is 0. The van der Waals surface area contributed by atoms with Crippen LogP contribution in [0.3, 0.4) is 0 Å². The van der Waals surface area contributed by atoms with E-state index in [9.17, 15) is 176 Å². The number of carbonyl (C=O) groups is 2. The van der Waals surface area contributed by atoms with E-state index in [2.05, 4.69) is 9.47 Å². The van der Waals surface area contributed by atoms with E-state index in [1.807, 2.05) is 0 Å². The molecule has 0 fully saturated rings. The van der Waals surface area contributed by atoms with Crippen molar-refractivity contribution in [1.82, 2.24) is 0 Å². The van der Waals surface area contributed by atoms with E-state index in [-0.39, 0.29) is 21.6 Å². The van der Waals surface area contributed by atoms with E-state index in [0.717, 1.165) is 0 Å². The molecule has 4 nitrogen and oxygen atoms in total. The summed E-state index contributed by atoms with van der Waals surface area (Å²) in [4.78, 5) is 22.5. The molecule has 0 aromatic rings. The molecule has 0 atom stereocenters. The normalized spacial score (nSPS) is 16.3. The van der Waals surface area contributed by atoms with Gasteiger partial charge in [-0.25, -0.2) is 9.59 Å². The predicted molar refractivity (Wildman–Crippen MR) is 138 cm³/mol. The van der Waals surface area contributed by atoms with Gasteiger partial charge in [-0.15, -0.1) is 0 Å². The minimum atomic E-state index is -9.36. The van der Waals surface area contributed by atoms with Crippen LogP contribution in [-0.2, 0) is 19.1 Å². The lowest BCUT2D eigenvalue weighted by Gasteiger charge is -2.43. The second-order valence-corrected chi connectivity index (χ2v) is 14.8. The first-order valence-electron chi connectivity index (χ1n) is 14.8. The second-order valence-electron chi connectivity index (χ2n) is 12.1. The number of hydrogen-bond donors (Lipinski definition) is 0. The molecule has 44 heteroatoms. The van der Waals surface area contributed by atoms with Crippen molar-refractivity contribution in [2.24, 2.45) is 0 Å². The Morgan fingerprint density at radius 2 is 0.397 bits per heavy atom. The van der Waals surface area contributed by atoms with Gasteiger partial charge >= 0.3 is 119 Å². The lowest BCUT2D eigenvalue weighted by Crippen LogP contribution is -2.76. The van der Waals surface area contributed by atoms with Crippen molar-refractivity contribution in [2.75, 3.05) is 24.7 Å². The summed E-state index contributed by atoms with van der Waals surface area (Å²) in [5, 5.41) is 0. The van der Waals surface area contributed by atoms with Crippen LogP contribution in [0.4, 0.5) is 167 Å². The average Bonchev–Trinajstić information content (AvgIpc) is 3.13. The van der Waals surface area contributed by atoms with Crippen LogP contribution in [0.1, 0.15) is 0 Å². The summed E-state index contributed by atoms with van der Waals surface area (Å²) in [6.45, 7) is -4.21. The molecular weight excluding hydrogens is 1140 g/mol. The van der Waals surface area contributed by atoms with Gasteiger partial charge in [0.25, 0.3) is 0 Å². The fourth-order valence-electron chi connectivity index (χ4n) is 3.61. The Morgan fingerprint density at radius 1 is 0.250 bits per heavy atom. The molecule has 0 N–H and O–H groups in total.